The van der Waals surface area contributed by atoms with Gasteiger partial charge in [-0.1, -0.05) is 6.07 Å². The minimum absolute atomic E-state index is 0.157. The third-order valence-corrected chi connectivity index (χ3v) is 3.72. The van der Waals surface area contributed by atoms with Crippen molar-refractivity contribution in [3.8, 4) is 0 Å². The second-order valence-corrected chi connectivity index (χ2v) is 5.60. The first-order chi connectivity index (χ1) is 10.9. The van der Waals surface area contributed by atoms with Gasteiger partial charge in [0.2, 0.25) is 11.8 Å². The summed E-state index contributed by atoms with van der Waals surface area (Å²) in [6.07, 6.45) is 0. The molecule has 4 N–H and O–H groups in total. The third-order valence-electron chi connectivity index (χ3n) is 3.72. The first-order valence-corrected chi connectivity index (χ1v) is 7.41. The molecule has 23 heavy (non-hydrogen) atoms. The first kappa shape index (κ1) is 16.5. The van der Waals surface area contributed by atoms with Crippen molar-refractivity contribution in [3.05, 3.63) is 59.2 Å². The van der Waals surface area contributed by atoms with Gasteiger partial charge in [0, 0.05) is 16.9 Å². The SMILES string of the molecule is Cc1ccc(N[C@@H](C)C(=O)Nc2ccc(C(N)=O)cc2)cc1C. The zero-order valence-electron chi connectivity index (χ0n) is 13.5. The lowest BCUT2D eigenvalue weighted by molar-refractivity contribution is -0.116. The lowest BCUT2D eigenvalue weighted by atomic mass is 10.1. The summed E-state index contributed by atoms with van der Waals surface area (Å²) in [5.74, 6) is -0.650. The van der Waals surface area contributed by atoms with Gasteiger partial charge in [-0.05, 0) is 68.3 Å². The largest absolute Gasteiger partial charge is 0.374 e. The quantitative estimate of drug-likeness (QED) is 0.794. The van der Waals surface area contributed by atoms with Gasteiger partial charge in [-0.15, -0.1) is 0 Å². The van der Waals surface area contributed by atoms with Gasteiger partial charge >= 0.3 is 0 Å². The highest BCUT2D eigenvalue weighted by atomic mass is 16.2. The molecule has 5 nitrogen and oxygen atoms in total. The maximum Gasteiger partial charge on any atom is 0.248 e. The number of rotatable bonds is 5. The Morgan fingerprint density at radius 3 is 2.13 bits per heavy atom. The Morgan fingerprint density at radius 2 is 1.57 bits per heavy atom. The number of nitrogens with two attached hydrogens (primary N) is 1. The molecule has 2 rings (SSSR count). The minimum Gasteiger partial charge on any atom is -0.374 e. The molecule has 0 spiro atoms. The Morgan fingerprint density at radius 1 is 0.957 bits per heavy atom. The summed E-state index contributed by atoms with van der Waals surface area (Å²) in [5, 5.41) is 5.97. The summed E-state index contributed by atoms with van der Waals surface area (Å²) in [7, 11) is 0. The van der Waals surface area contributed by atoms with Crippen molar-refractivity contribution in [2.24, 2.45) is 5.73 Å². The van der Waals surface area contributed by atoms with Gasteiger partial charge < -0.3 is 16.4 Å². The summed E-state index contributed by atoms with van der Waals surface area (Å²) >= 11 is 0. The van der Waals surface area contributed by atoms with Crippen molar-refractivity contribution in [2.45, 2.75) is 26.8 Å². The van der Waals surface area contributed by atoms with Gasteiger partial charge in [0.05, 0.1) is 0 Å². The number of aryl methyl sites for hydroxylation is 2. The summed E-state index contributed by atoms with van der Waals surface area (Å²) < 4.78 is 0. The highest BCUT2D eigenvalue weighted by Crippen LogP contribution is 2.16. The fourth-order valence-electron chi connectivity index (χ4n) is 2.12. The van der Waals surface area contributed by atoms with Crippen LogP contribution in [0, 0.1) is 13.8 Å². The van der Waals surface area contributed by atoms with Gasteiger partial charge in [0.15, 0.2) is 0 Å². The predicted octanol–water partition coefficient (Wildman–Crippen LogP) is 2.84. The van der Waals surface area contributed by atoms with Crippen molar-refractivity contribution in [2.75, 3.05) is 10.6 Å². The van der Waals surface area contributed by atoms with E-state index in [0.29, 0.717) is 11.3 Å². The smallest absolute Gasteiger partial charge is 0.248 e. The van der Waals surface area contributed by atoms with Crippen molar-refractivity contribution in [1.82, 2.24) is 0 Å². The number of anilines is 2. The van der Waals surface area contributed by atoms with Crippen molar-refractivity contribution in [3.63, 3.8) is 0 Å². The lowest BCUT2D eigenvalue weighted by Gasteiger charge is -2.16. The van der Waals surface area contributed by atoms with E-state index in [1.807, 2.05) is 32.0 Å². The average Bonchev–Trinajstić information content (AvgIpc) is 2.51. The predicted molar refractivity (Wildman–Crippen MR) is 92.6 cm³/mol. The number of carbonyl (C=O) groups excluding carboxylic acids is 2. The van der Waals surface area contributed by atoms with E-state index in [0.717, 1.165) is 5.69 Å². The van der Waals surface area contributed by atoms with E-state index in [1.54, 1.807) is 31.2 Å². The number of carbonyl (C=O) groups is 2. The van der Waals surface area contributed by atoms with Crippen LogP contribution in [-0.4, -0.2) is 17.9 Å². The second kappa shape index (κ2) is 6.96. The molecule has 2 amide bonds. The molecule has 2 aromatic carbocycles. The summed E-state index contributed by atoms with van der Waals surface area (Å²) in [6.45, 7) is 5.87. The summed E-state index contributed by atoms with van der Waals surface area (Å²) in [4.78, 5) is 23.2. The van der Waals surface area contributed by atoms with Crippen LogP contribution in [-0.2, 0) is 4.79 Å². The van der Waals surface area contributed by atoms with E-state index in [1.165, 1.54) is 11.1 Å². The Hall–Kier alpha value is -2.82. The fraction of sp³-hybridized carbons (Fsp3) is 0.222. The monoisotopic (exact) mass is 311 g/mol. The van der Waals surface area contributed by atoms with Crippen LogP contribution in [0.3, 0.4) is 0 Å². The molecule has 0 bridgehead atoms. The van der Waals surface area contributed by atoms with Crippen LogP contribution in [0.5, 0.6) is 0 Å². The van der Waals surface area contributed by atoms with E-state index in [9.17, 15) is 9.59 Å². The summed E-state index contributed by atoms with van der Waals surface area (Å²) in [5.41, 5.74) is 9.50. The van der Waals surface area contributed by atoms with Crippen molar-refractivity contribution >= 4 is 23.2 Å². The molecule has 0 aliphatic carbocycles. The first-order valence-electron chi connectivity index (χ1n) is 7.41. The lowest BCUT2D eigenvalue weighted by Crippen LogP contribution is -2.31. The van der Waals surface area contributed by atoms with Crippen molar-refractivity contribution in [1.29, 1.82) is 0 Å². The highest BCUT2D eigenvalue weighted by Gasteiger charge is 2.13. The number of amides is 2. The number of hydrogen-bond acceptors (Lipinski definition) is 3. The molecule has 0 saturated heterocycles. The van der Waals surface area contributed by atoms with Gasteiger partial charge in [-0.25, -0.2) is 0 Å². The molecule has 1 atom stereocenters. The maximum atomic E-state index is 12.2. The molecular weight excluding hydrogens is 290 g/mol. The number of primary amides is 1. The Balaban J connectivity index is 1.99. The number of nitrogens with one attached hydrogen (secondary N) is 2. The average molecular weight is 311 g/mol. The van der Waals surface area contributed by atoms with Gasteiger partial charge in [-0.2, -0.15) is 0 Å². The Kier molecular flexibility index (Phi) is 5.01. The third kappa shape index (κ3) is 4.32. The molecule has 0 heterocycles. The van der Waals surface area contributed by atoms with Crippen LogP contribution in [0.2, 0.25) is 0 Å². The molecule has 5 heteroatoms. The summed E-state index contributed by atoms with van der Waals surface area (Å²) in [6, 6.07) is 12.1. The van der Waals surface area contributed by atoms with Crippen LogP contribution in [0.25, 0.3) is 0 Å². The van der Waals surface area contributed by atoms with Crippen LogP contribution in [0.4, 0.5) is 11.4 Å². The van der Waals surface area contributed by atoms with Crippen LogP contribution >= 0.6 is 0 Å². The van der Waals surface area contributed by atoms with E-state index < -0.39 is 11.9 Å². The van der Waals surface area contributed by atoms with Crippen LogP contribution in [0.15, 0.2) is 42.5 Å². The van der Waals surface area contributed by atoms with Gasteiger partial charge in [0.25, 0.3) is 0 Å². The van der Waals surface area contributed by atoms with E-state index in [2.05, 4.69) is 10.6 Å². The molecule has 0 radical (unpaired) electrons. The topological polar surface area (TPSA) is 84.2 Å². The zero-order chi connectivity index (χ0) is 17.0. The van der Waals surface area contributed by atoms with Crippen LogP contribution in [0.1, 0.15) is 28.4 Å². The normalized spacial score (nSPS) is 11.6. The minimum atomic E-state index is -0.493. The van der Waals surface area contributed by atoms with Crippen molar-refractivity contribution < 1.29 is 9.59 Å². The Labute approximate surface area is 135 Å². The van der Waals surface area contributed by atoms with Gasteiger partial charge in [-0.3, -0.25) is 9.59 Å². The van der Waals surface area contributed by atoms with E-state index in [-0.39, 0.29) is 5.91 Å². The molecule has 0 aliphatic heterocycles. The van der Waals surface area contributed by atoms with Gasteiger partial charge in [0.1, 0.15) is 6.04 Å². The zero-order valence-corrected chi connectivity index (χ0v) is 13.5. The molecule has 0 aliphatic rings. The number of benzene rings is 2. The molecule has 0 fully saturated rings. The molecule has 0 aromatic heterocycles. The van der Waals surface area contributed by atoms with E-state index >= 15 is 0 Å². The molecule has 0 unspecified atom stereocenters. The fourth-order valence-corrected chi connectivity index (χ4v) is 2.12. The van der Waals surface area contributed by atoms with Crippen LogP contribution < -0.4 is 16.4 Å². The molecule has 0 saturated carbocycles. The maximum absolute atomic E-state index is 12.2. The van der Waals surface area contributed by atoms with E-state index in [4.69, 9.17) is 5.73 Å². The highest BCUT2D eigenvalue weighted by molar-refractivity contribution is 5.97. The number of hydrogen-bond donors (Lipinski definition) is 3. The standard InChI is InChI=1S/C18H21N3O2/c1-11-4-7-16(10-12(11)2)20-13(3)18(23)21-15-8-5-14(6-9-15)17(19)22/h4-10,13,20H,1-3H3,(H2,19,22)(H,21,23)/t13-/m0/s1. The Bertz CT molecular complexity index is 724. The molecular formula is C18H21N3O2. The second-order valence-electron chi connectivity index (χ2n) is 5.60. The molecule has 120 valence electrons. The molecule has 2 aromatic rings.